The van der Waals surface area contributed by atoms with Gasteiger partial charge in [-0.3, -0.25) is 0 Å². The summed E-state index contributed by atoms with van der Waals surface area (Å²) in [6.07, 6.45) is 28.4. The molecule has 2 heteroatoms. The van der Waals surface area contributed by atoms with Crippen LogP contribution in [0, 0.1) is 24.7 Å². The Bertz CT molecular complexity index is 2080. The number of para-hydroxylation sites is 1. The second-order valence-corrected chi connectivity index (χ2v) is 15.0. The lowest BCUT2D eigenvalue weighted by Gasteiger charge is -2.37. The van der Waals surface area contributed by atoms with E-state index >= 15 is 0 Å². The Balaban J connectivity index is 1.16. The Morgan fingerprint density at radius 1 is 0.787 bits per heavy atom. The number of aryl methyl sites for hydroxylation is 1. The monoisotopic (exact) mass is 614 g/mol. The molecule has 5 aliphatic rings. The Kier molecular flexibility index (Phi) is 7.03. The number of anilines is 1. The van der Waals surface area contributed by atoms with Crippen molar-refractivity contribution < 1.29 is 0 Å². The van der Waals surface area contributed by atoms with E-state index in [2.05, 4.69) is 146 Å². The van der Waals surface area contributed by atoms with Gasteiger partial charge < -0.3 is 9.47 Å². The molecule has 4 aromatic rings. The minimum Gasteiger partial charge on any atom is -0.337 e. The predicted octanol–water partition coefficient (Wildman–Crippen LogP) is 11.8. The summed E-state index contributed by atoms with van der Waals surface area (Å²) in [4.78, 5) is 2.71. The first-order valence-electron chi connectivity index (χ1n) is 18.1. The van der Waals surface area contributed by atoms with Crippen molar-refractivity contribution in [3.63, 3.8) is 0 Å². The average Bonchev–Trinajstić information content (AvgIpc) is 3.61. The molecule has 3 aromatic carbocycles. The van der Waals surface area contributed by atoms with Gasteiger partial charge in [-0.2, -0.15) is 0 Å². The fraction of sp³-hybridized carbons (Fsp3) is 0.333. The van der Waals surface area contributed by atoms with E-state index in [4.69, 9.17) is 0 Å². The van der Waals surface area contributed by atoms with Crippen molar-refractivity contribution in [3.8, 4) is 0 Å². The quantitative estimate of drug-likeness (QED) is 0.208. The first kappa shape index (κ1) is 28.9. The summed E-state index contributed by atoms with van der Waals surface area (Å²) in [5, 5.41) is 2.82. The van der Waals surface area contributed by atoms with E-state index in [1.165, 1.54) is 68.2 Å². The zero-order valence-electron chi connectivity index (χ0n) is 28.1. The minimum absolute atomic E-state index is 0.371. The minimum atomic E-state index is 0.371. The smallest absolute Gasteiger partial charge is 0.0557 e. The maximum absolute atomic E-state index is 2.71. The maximum atomic E-state index is 2.71. The fourth-order valence-corrected chi connectivity index (χ4v) is 9.55. The summed E-state index contributed by atoms with van der Waals surface area (Å²) in [6, 6.07) is 24.5. The average molecular weight is 615 g/mol. The first-order valence-corrected chi connectivity index (χ1v) is 18.1. The van der Waals surface area contributed by atoms with E-state index in [1.807, 2.05) is 0 Å². The van der Waals surface area contributed by atoms with Gasteiger partial charge in [-0.15, -0.1) is 0 Å². The highest BCUT2D eigenvalue weighted by Crippen LogP contribution is 2.53. The number of allylic oxidation sites excluding steroid dienone is 10. The van der Waals surface area contributed by atoms with Crippen molar-refractivity contribution in [1.29, 1.82) is 0 Å². The lowest BCUT2D eigenvalue weighted by atomic mass is 9.73. The third-order valence-corrected chi connectivity index (χ3v) is 11.8. The number of fused-ring (bicyclic) bond motifs is 6. The number of rotatable bonds is 4. The molecule has 236 valence electrons. The van der Waals surface area contributed by atoms with E-state index in [1.54, 1.807) is 5.70 Å². The van der Waals surface area contributed by atoms with Gasteiger partial charge >= 0.3 is 0 Å². The van der Waals surface area contributed by atoms with Crippen LogP contribution in [0.15, 0.2) is 127 Å². The van der Waals surface area contributed by atoms with Crippen molar-refractivity contribution >= 4 is 33.1 Å². The third kappa shape index (κ3) is 4.74. The van der Waals surface area contributed by atoms with Gasteiger partial charge in [-0.1, -0.05) is 104 Å². The molecule has 47 heavy (non-hydrogen) atoms. The van der Waals surface area contributed by atoms with Crippen molar-refractivity contribution in [1.82, 2.24) is 4.57 Å². The Labute approximate surface area is 280 Å². The topological polar surface area (TPSA) is 8.17 Å². The SMILES string of the molecule is Cc1ccc2c(c1)c1cc(C3=CC(C4=C5C(CC=C4)c4ccccc4N5[C@H]4C=CC=CC4)C(C)CC3)ccc1n2C1CC=CC(C)C1. The van der Waals surface area contributed by atoms with Crippen LogP contribution in [0.5, 0.6) is 0 Å². The summed E-state index contributed by atoms with van der Waals surface area (Å²) >= 11 is 0. The highest BCUT2D eigenvalue weighted by molar-refractivity contribution is 6.09. The molecule has 0 bridgehead atoms. The van der Waals surface area contributed by atoms with Crippen molar-refractivity contribution in [3.05, 3.63) is 143 Å². The van der Waals surface area contributed by atoms with Crippen LogP contribution >= 0.6 is 0 Å². The molecule has 0 saturated carbocycles. The molecule has 0 fully saturated rings. The Morgan fingerprint density at radius 2 is 1.64 bits per heavy atom. The van der Waals surface area contributed by atoms with Crippen molar-refractivity contribution in [2.45, 2.75) is 77.3 Å². The van der Waals surface area contributed by atoms with Gasteiger partial charge in [-0.05, 0) is 110 Å². The zero-order valence-corrected chi connectivity index (χ0v) is 28.1. The molecule has 4 aliphatic carbocycles. The van der Waals surface area contributed by atoms with Crippen LogP contribution in [0.4, 0.5) is 5.69 Å². The molecule has 2 heterocycles. The van der Waals surface area contributed by atoms with Crippen LogP contribution in [0.3, 0.4) is 0 Å². The third-order valence-electron chi connectivity index (χ3n) is 11.8. The summed E-state index contributed by atoms with van der Waals surface area (Å²) in [5.41, 5.74) is 13.0. The molecule has 0 amide bonds. The molecule has 1 aromatic heterocycles. The summed E-state index contributed by atoms with van der Waals surface area (Å²) < 4.78 is 2.66. The Hall–Kier alpha value is -4.30. The van der Waals surface area contributed by atoms with E-state index in [-0.39, 0.29) is 0 Å². The largest absolute Gasteiger partial charge is 0.337 e. The predicted molar refractivity (Wildman–Crippen MR) is 200 cm³/mol. The molecular formula is C45H46N2. The first-order chi connectivity index (χ1) is 23.0. The van der Waals surface area contributed by atoms with Gasteiger partial charge in [0.2, 0.25) is 0 Å². The lowest BCUT2D eigenvalue weighted by molar-refractivity contribution is 0.423. The lowest BCUT2D eigenvalue weighted by Crippen LogP contribution is -2.34. The van der Waals surface area contributed by atoms with Crippen LogP contribution < -0.4 is 4.90 Å². The zero-order chi connectivity index (χ0) is 31.6. The number of benzene rings is 3. The molecule has 5 unspecified atom stereocenters. The molecule has 0 spiro atoms. The second-order valence-electron chi connectivity index (χ2n) is 15.0. The van der Waals surface area contributed by atoms with Crippen molar-refractivity contribution in [2.75, 3.05) is 4.90 Å². The second kappa shape index (κ2) is 11.4. The van der Waals surface area contributed by atoms with Gasteiger partial charge in [0.1, 0.15) is 0 Å². The summed E-state index contributed by atoms with van der Waals surface area (Å²) in [6.45, 7) is 7.08. The molecule has 2 nitrogen and oxygen atoms in total. The van der Waals surface area contributed by atoms with Gasteiger partial charge in [0.05, 0.1) is 6.04 Å². The van der Waals surface area contributed by atoms with Crippen LogP contribution in [0.2, 0.25) is 0 Å². The van der Waals surface area contributed by atoms with Crippen LogP contribution in [0.1, 0.15) is 81.0 Å². The fourth-order valence-electron chi connectivity index (χ4n) is 9.55. The van der Waals surface area contributed by atoms with Gasteiger partial charge in [0.25, 0.3) is 0 Å². The highest BCUT2D eigenvalue weighted by atomic mass is 15.2. The van der Waals surface area contributed by atoms with Crippen LogP contribution in [-0.2, 0) is 0 Å². The maximum Gasteiger partial charge on any atom is 0.0557 e. The normalized spacial score (nSPS) is 28.3. The molecule has 0 saturated heterocycles. The number of aromatic nitrogens is 1. The van der Waals surface area contributed by atoms with Gasteiger partial charge in [-0.25, -0.2) is 0 Å². The highest BCUT2D eigenvalue weighted by Gasteiger charge is 2.41. The summed E-state index contributed by atoms with van der Waals surface area (Å²) in [5.74, 6) is 2.07. The van der Waals surface area contributed by atoms with E-state index in [9.17, 15) is 0 Å². The molecular weight excluding hydrogens is 569 g/mol. The molecule has 0 radical (unpaired) electrons. The molecule has 9 rings (SSSR count). The molecule has 6 atom stereocenters. The Morgan fingerprint density at radius 3 is 2.49 bits per heavy atom. The number of hydrogen-bond acceptors (Lipinski definition) is 1. The number of nitrogens with zero attached hydrogens (tertiary/aromatic N) is 2. The van der Waals surface area contributed by atoms with Crippen molar-refractivity contribution in [2.24, 2.45) is 17.8 Å². The van der Waals surface area contributed by atoms with E-state index < -0.39 is 0 Å². The summed E-state index contributed by atoms with van der Waals surface area (Å²) in [7, 11) is 0. The molecule has 0 N–H and O–H groups in total. The van der Waals surface area contributed by atoms with E-state index in [0.29, 0.717) is 35.8 Å². The van der Waals surface area contributed by atoms with E-state index in [0.717, 1.165) is 25.7 Å². The standard InChI is InChI=1S/C45H46N2/c1-29-11-9-14-35(25-29)46-43-23-19-30(2)26-40(43)41-28-33(22-24-44(41)46)32-21-20-31(3)39(27-32)38-17-10-16-37-36-15-7-8-18-42(36)47(45(37)38)34-12-5-4-6-13-34/h4-12,15,17-19,22-24,26-29,31,34-35,37,39H,13-14,16,20-21,25H2,1-3H3/t29?,31?,34-,35?,37?,39?/m0/s1. The van der Waals surface area contributed by atoms with Crippen LogP contribution in [0.25, 0.3) is 27.4 Å². The van der Waals surface area contributed by atoms with Gasteiger partial charge in [0, 0.05) is 51.1 Å². The molecule has 1 aliphatic heterocycles. The van der Waals surface area contributed by atoms with Crippen LogP contribution in [-0.4, -0.2) is 10.6 Å². The van der Waals surface area contributed by atoms with Gasteiger partial charge in [0.15, 0.2) is 0 Å². The number of hydrogen-bond donors (Lipinski definition) is 0.